The maximum Gasteiger partial charge on any atom is 0.233 e. The Morgan fingerprint density at radius 1 is 1.15 bits per heavy atom. The molecule has 2 saturated heterocycles. The molecule has 5 rings (SSSR count). The van der Waals surface area contributed by atoms with E-state index in [1.165, 1.54) is 10.5 Å². The van der Waals surface area contributed by atoms with Gasteiger partial charge in [0.2, 0.25) is 11.8 Å². The van der Waals surface area contributed by atoms with Gasteiger partial charge in [-0.3, -0.25) is 14.5 Å². The lowest BCUT2D eigenvalue weighted by atomic mass is 9.69. The fourth-order valence-electron chi connectivity index (χ4n) is 6.54. The third kappa shape index (κ3) is 6.04. The molecule has 2 heterocycles. The summed E-state index contributed by atoms with van der Waals surface area (Å²) in [5.74, 6) is 0.533. The molecule has 0 spiro atoms. The van der Waals surface area contributed by atoms with Crippen LogP contribution in [0.3, 0.4) is 0 Å². The number of rotatable bonds is 11. The first-order chi connectivity index (χ1) is 19.9. The van der Waals surface area contributed by atoms with E-state index >= 15 is 0 Å². The van der Waals surface area contributed by atoms with Gasteiger partial charge < -0.3 is 19.3 Å². The summed E-state index contributed by atoms with van der Waals surface area (Å²) in [5.41, 5.74) is 4.51. The number of hydrogen-bond donors (Lipinski definition) is 1. The van der Waals surface area contributed by atoms with Crippen LogP contribution in [-0.4, -0.2) is 54.8 Å². The van der Waals surface area contributed by atoms with E-state index < -0.39 is 0 Å². The number of carbonyl (C=O) groups is 2. The van der Waals surface area contributed by atoms with Gasteiger partial charge in [-0.1, -0.05) is 43.7 Å². The highest BCUT2D eigenvalue weighted by molar-refractivity contribution is 14.1. The number of ether oxygens (including phenoxy) is 3. The molecule has 7 nitrogen and oxygen atoms in total. The van der Waals surface area contributed by atoms with E-state index in [0.29, 0.717) is 31.9 Å². The quantitative estimate of drug-likeness (QED) is 0.170. The summed E-state index contributed by atoms with van der Waals surface area (Å²) in [6.45, 7) is 5.44. The lowest BCUT2D eigenvalue weighted by Crippen LogP contribution is -2.35. The number of aromatic hydroxyl groups is 1. The van der Waals surface area contributed by atoms with E-state index in [1.54, 1.807) is 7.11 Å². The van der Waals surface area contributed by atoms with E-state index in [0.717, 1.165) is 51.7 Å². The lowest BCUT2D eigenvalue weighted by molar-refractivity contribution is -0.140. The zero-order valence-electron chi connectivity index (χ0n) is 23.9. The van der Waals surface area contributed by atoms with Crippen molar-refractivity contribution in [3.05, 3.63) is 68.3 Å². The smallest absolute Gasteiger partial charge is 0.233 e. The first-order valence-electron chi connectivity index (χ1n) is 14.5. The highest BCUT2D eigenvalue weighted by Gasteiger charge is 2.56. The lowest BCUT2D eigenvalue weighted by Gasteiger charge is -2.31. The van der Waals surface area contributed by atoms with E-state index in [2.05, 4.69) is 35.6 Å². The molecule has 2 aliphatic heterocycles. The molecular formula is C33H38INO6. The van der Waals surface area contributed by atoms with Crippen molar-refractivity contribution in [2.45, 2.75) is 52.1 Å². The first kappa shape index (κ1) is 29.6. The maximum atomic E-state index is 13.5. The van der Waals surface area contributed by atoms with Crippen molar-refractivity contribution in [2.75, 3.05) is 26.9 Å². The van der Waals surface area contributed by atoms with E-state index in [4.69, 9.17) is 14.2 Å². The Kier molecular flexibility index (Phi) is 9.38. The zero-order chi connectivity index (χ0) is 29.1. The van der Waals surface area contributed by atoms with Gasteiger partial charge >= 0.3 is 0 Å². The Labute approximate surface area is 255 Å². The predicted octanol–water partition coefficient (Wildman–Crippen LogP) is 6.38. The van der Waals surface area contributed by atoms with Gasteiger partial charge in [0.25, 0.3) is 0 Å². The minimum atomic E-state index is -0.345. The molecule has 0 radical (unpaired) electrons. The fraction of sp³-hybridized carbons (Fsp3) is 0.455. The number of methoxy groups -OCH3 is 1. The topological polar surface area (TPSA) is 85.3 Å². The van der Waals surface area contributed by atoms with Gasteiger partial charge in [0.05, 0.1) is 35.2 Å². The first-order valence-corrected chi connectivity index (χ1v) is 15.6. The third-order valence-electron chi connectivity index (χ3n) is 8.53. The average molecular weight is 672 g/mol. The number of amides is 2. The van der Waals surface area contributed by atoms with Gasteiger partial charge in [-0.05, 0) is 95.7 Å². The van der Waals surface area contributed by atoms with E-state index in [1.807, 2.05) is 49.4 Å². The van der Waals surface area contributed by atoms with Gasteiger partial charge in [0.1, 0.15) is 12.4 Å². The molecule has 218 valence electrons. The van der Waals surface area contributed by atoms with Crippen LogP contribution >= 0.6 is 22.6 Å². The average Bonchev–Trinajstić information content (AvgIpc) is 3.51. The van der Waals surface area contributed by atoms with Crippen LogP contribution in [0.25, 0.3) is 6.08 Å². The van der Waals surface area contributed by atoms with Crippen LogP contribution in [0.5, 0.6) is 17.2 Å². The van der Waals surface area contributed by atoms with Gasteiger partial charge in [-0.2, -0.15) is 0 Å². The number of phenols is 1. The fourth-order valence-corrected chi connectivity index (χ4v) is 7.16. The molecule has 0 unspecified atom stereocenters. The predicted molar refractivity (Wildman–Crippen MR) is 166 cm³/mol. The number of imide groups is 1. The van der Waals surface area contributed by atoms with Crippen LogP contribution in [0.4, 0.5) is 0 Å². The molecule has 0 saturated carbocycles. The van der Waals surface area contributed by atoms with E-state index in [9.17, 15) is 14.7 Å². The number of hydrogen-bond acceptors (Lipinski definition) is 6. The highest BCUT2D eigenvalue weighted by atomic mass is 127. The number of carbonyl (C=O) groups excluding carboxylic acids is 2. The molecule has 0 aromatic heterocycles. The van der Waals surface area contributed by atoms with Gasteiger partial charge in [0.15, 0.2) is 11.5 Å². The number of allylic oxidation sites excluding steroid dienone is 1. The summed E-state index contributed by atoms with van der Waals surface area (Å²) < 4.78 is 18.7. The Hall–Kier alpha value is -2.85. The normalized spacial score (nSPS) is 24.1. The second-order valence-electron chi connectivity index (χ2n) is 11.0. The molecule has 8 heteroatoms. The minimum Gasteiger partial charge on any atom is -0.504 e. The summed E-state index contributed by atoms with van der Waals surface area (Å²) in [6.07, 6.45) is 5.81. The van der Waals surface area contributed by atoms with Crippen molar-refractivity contribution in [1.29, 1.82) is 0 Å². The highest BCUT2D eigenvalue weighted by Crippen LogP contribution is 2.50. The number of likely N-dealkylation sites (tertiary alicyclic amines) is 1. The minimum absolute atomic E-state index is 0.0401. The van der Waals surface area contributed by atoms with Crippen LogP contribution in [0.2, 0.25) is 0 Å². The second-order valence-corrected chi connectivity index (χ2v) is 12.2. The molecular weight excluding hydrogens is 633 g/mol. The van der Waals surface area contributed by atoms with Crippen LogP contribution in [0.1, 0.15) is 51.5 Å². The van der Waals surface area contributed by atoms with Crippen molar-refractivity contribution < 1.29 is 28.9 Å². The third-order valence-corrected chi connectivity index (χ3v) is 9.35. The van der Waals surface area contributed by atoms with Gasteiger partial charge in [-0.25, -0.2) is 0 Å². The molecule has 0 bridgehead atoms. The standard InChI is InChI=1S/C33H38INO6/c1-4-13-35-32(37)24-17-22(18-40-23-9-7-6-8-10-23)29-25(30(24)33(35)38)19-41-27(29)12-11-20(5-2)14-21-15-26(34)31(36)28(16-21)39-3/h6-10,14-16,24-25,27,30,36H,4-5,11-13,17-19H2,1-3H3/b20-14+/t24-,25+,27-,30-/m1/s1. The van der Waals surface area contributed by atoms with Gasteiger partial charge in [-0.15, -0.1) is 0 Å². The number of phenolic OH excluding ortho intramolecular Hbond substituents is 1. The maximum absolute atomic E-state index is 13.5. The summed E-state index contributed by atoms with van der Waals surface area (Å²) in [4.78, 5) is 28.2. The van der Waals surface area contributed by atoms with Crippen molar-refractivity contribution in [3.8, 4) is 17.2 Å². The molecule has 2 amide bonds. The van der Waals surface area contributed by atoms with Crippen LogP contribution in [-0.2, 0) is 14.3 Å². The van der Waals surface area contributed by atoms with Crippen LogP contribution < -0.4 is 9.47 Å². The molecule has 1 N–H and O–H groups in total. The van der Waals surface area contributed by atoms with Crippen LogP contribution in [0, 0.1) is 21.3 Å². The Balaban J connectivity index is 1.40. The van der Waals surface area contributed by atoms with Crippen LogP contribution in [0.15, 0.2) is 59.2 Å². The molecule has 41 heavy (non-hydrogen) atoms. The molecule has 2 aromatic carbocycles. The number of nitrogens with zero attached hydrogens (tertiary/aromatic N) is 1. The Bertz CT molecular complexity index is 1350. The number of halogens is 1. The molecule has 4 atom stereocenters. The summed E-state index contributed by atoms with van der Waals surface area (Å²) >= 11 is 2.11. The Morgan fingerprint density at radius 3 is 2.63 bits per heavy atom. The monoisotopic (exact) mass is 671 g/mol. The largest absolute Gasteiger partial charge is 0.504 e. The summed E-state index contributed by atoms with van der Waals surface area (Å²) in [7, 11) is 1.55. The zero-order valence-corrected chi connectivity index (χ0v) is 26.1. The van der Waals surface area contributed by atoms with Gasteiger partial charge in [0, 0.05) is 12.5 Å². The Morgan fingerprint density at radius 2 is 1.93 bits per heavy atom. The number of benzene rings is 2. The van der Waals surface area contributed by atoms with Crippen molar-refractivity contribution in [3.63, 3.8) is 0 Å². The second kappa shape index (κ2) is 13.0. The van der Waals surface area contributed by atoms with Crippen molar-refractivity contribution in [2.24, 2.45) is 17.8 Å². The van der Waals surface area contributed by atoms with Crippen molar-refractivity contribution >= 4 is 40.5 Å². The SMILES string of the molecule is CCCN1C(=O)[C@@H]2[C@@H](CC(COc3ccccc3)=C3[C@@H](CC/C(=C/c4cc(I)c(O)c(OC)c4)CC)OC[C@@H]32)C1=O. The number of fused-ring (bicyclic) bond motifs is 3. The molecule has 2 aromatic rings. The van der Waals surface area contributed by atoms with Crippen molar-refractivity contribution in [1.82, 2.24) is 4.90 Å². The molecule has 1 aliphatic carbocycles. The molecule has 3 aliphatic rings. The summed E-state index contributed by atoms with van der Waals surface area (Å²) in [6, 6.07) is 13.5. The molecule has 2 fully saturated rings. The number of para-hydroxylation sites is 1. The summed E-state index contributed by atoms with van der Waals surface area (Å²) in [5, 5.41) is 10.2. The van der Waals surface area contributed by atoms with E-state index in [-0.39, 0.29) is 41.4 Å².